The molecule has 0 radical (unpaired) electrons. The average molecular weight is 291 g/mol. The lowest BCUT2D eigenvalue weighted by molar-refractivity contribution is -0.137. The van der Waals surface area contributed by atoms with E-state index >= 15 is 0 Å². The Hall–Kier alpha value is 0.260. The standard InChI is InChI=1S/C9H14Cl3NO3/c1-13(8(16)9(10,11)12)5-3-2-4-6(14)7(5)15/h5-7,14-15H,2-4H2,1H3/t5-,6-,7+/m0/s1. The maximum absolute atomic E-state index is 11.7. The van der Waals surface area contributed by atoms with Gasteiger partial charge in [-0.2, -0.15) is 0 Å². The van der Waals surface area contributed by atoms with Gasteiger partial charge in [0.2, 0.25) is 0 Å². The predicted molar refractivity (Wildman–Crippen MR) is 62.7 cm³/mol. The summed E-state index contributed by atoms with van der Waals surface area (Å²) in [7, 11) is 1.45. The Balaban J connectivity index is 2.73. The van der Waals surface area contributed by atoms with Gasteiger partial charge in [-0.25, -0.2) is 0 Å². The van der Waals surface area contributed by atoms with Crippen LogP contribution in [0, 0.1) is 0 Å². The molecule has 0 aromatic carbocycles. The number of nitrogens with zero attached hydrogens (tertiary/aromatic N) is 1. The molecule has 3 atom stereocenters. The molecular weight excluding hydrogens is 276 g/mol. The van der Waals surface area contributed by atoms with Crippen LogP contribution >= 0.6 is 34.8 Å². The van der Waals surface area contributed by atoms with Gasteiger partial charge in [-0.1, -0.05) is 34.8 Å². The molecule has 0 saturated heterocycles. The zero-order valence-electron chi connectivity index (χ0n) is 8.74. The van der Waals surface area contributed by atoms with Gasteiger partial charge in [-0.05, 0) is 19.3 Å². The number of alkyl halides is 3. The van der Waals surface area contributed by atoms with Crippen LogP contribution in [0.15, 0.2) is 0 Å². The highest BCUT2D eigenvalue weighted by molar-refractivity contribution is 6.76. The molecule has 0 aliphatic heterocycles. The summed E-state index contributed by atoms with van der Waals surface area (Å²) in [5.74, 6) is -0.698. The van der Waals surface area contributed by atoms with Crippen LogP contribution in [0.1, 0.15) is 19.3 Å². The third-order valence-corrected chi connectivity index (χ3v) is 3.33. The number of amides is 1. The zero-order chi connectivity index (χ0) is 12.5. The van der Waals surface area contributed by atoms with Crippen LogP contribution in [0.3, 0.4) is 0 Å². The summed E-state index contributed by atoms with van der Waals surface area (Å²) in [5.41, 5.74) is 0. The molecule has 1 aliphatic rings. The Kier molecular flexibility index (Phi) is 4.72. The fraction of sp³-hybridized carbons (Fsp3) is 0.889. The van der Waals surface area contributed by atoms with Gasteiger partial charge in [-0.15, -0.1) is 0 Å². The van der Waals surface area contributed by atoms with Crippen molar-refractivity contribution in [3.05, 3.63) is 0 Å². The van der Waals surface area contributed by atoms with Crippen molar-refractivity contribution in [1.82, 2.24) is 4.90 Å². The Morgan fingerprint density at radius 3 is 2.38 bits per heavy atom. The van der Waals surface area contributed by atoms with E-state index < -0.39 is 27.9 Å². The molecule has 1 aliphatic carbocycles. The Morgan fingerprint density at radius 2 is 1.88 bits per heavy atom. The van der Waals surface area contributed by atoms with Crippen LogP contribution in [0.4, 0.5) is 0 Å². The number of carbonyl (C=O) groups is 1. The van der Waals surface area contributed by atoms with Crippen molar-refractivity contribution in [3.63, 3.8) is 0 Å². The van der Waals surface area contributed by atoms with Gasteiger partial charge in [0.05, 0.1) is 12.1 Å². The average Bonchev–Trinajstić information content (AvgIpc) is 2.18. The minimum atomic E-state index is -2.03. The quantitative estimate of drug-likeness (QED) is 0.711. The number of likely N-dealkylation sites (N-methyl/N-ethyl adjacent to an activating group) is 1. The molecule has 0 heterocycles. The highest BCUT2D eigenvalue weighted by Crippen LogP contribution is 2.31. The molecule has 7 heteroatoms. The molecule has 94 valence electrons. The van der Waals surface area contributed by atoms with E-state index in [1.807, 2.05) is 0 Å². The first-order valence-corrected chi connectivity index (χ1v) is 6.08. The molecule has 0 bridgehead atoms. The largest absolute Gasteiger partial charge is 0.390 e. The highest BCUT2D eigenvalue weighted by atomic mass is 35.6. The fourth-order valence-electron chi connectivity index (χ4n) is 1.91. The highest BCUT2D eigenvalue weighted by Gasteiger charge is 2.41. The van der Waals surface area contributed by atoms with Crippen LogP contribution in [0.2, 0.25) is 0 Å². The van der Waals surface area contributed by atoms with Gasteiger partial charge >= 0.3 is 0 Å². The third kappa shape index (κ3) is 3.14. The van der Waals surface area contributed by atoms with Crippen molar-refractivity contribution in [1.29, 1.82) is 0 Å². The second-order valence-electron chi connectivity index (χ2n) is 3.97. The minimum Gasteiger partial charge on any atom is -0.390 e. The summed E-state index contributed by atoms with van der Waals surface area (Å²) in [4.78, 5) is 12.8. The van der Waals surface area contributed by atoms with E-state index in [0.29, 0.717) is 12.8 Å². The molecule has 0 aromatic heterocycles. The van der Waals surface area contributed by atoms with Crippen LogP contribution < -0.4 is 0 Å². The summed E-state index contributed by atoms with van der Waals surface area (Å²) in [5, 5.41) is 19.2. The normalized spacial score (nSPS) is 31.2. The molecule has 2 N–H and O–H groups in total. The van der Waals surface area contributed by atoms with Crippen molar-refractivity contribution in [2.75, 3.05) is 7.05 Å². The van der Waals surface area contributed by atoms with Crippen molar-refractivity contribution in [2.45, 2.75) is 41.3 Å². The molecule has 1 rings (SSSR count). The van der Waals surface area contributed by atoms with Crippen molar-refractivity contribution in [2.24, 2.45) is 0 Å². The van der Waals surface area contributed by atoms with E-state index in [4.69, 9.17) is 34.8 Å². The van der Waals surface area contributed by atoms with E-state index in [-0.39, 0.29) is 0 Å². The lowest BCUT2D eigenvalue weighted by atomic mass is 9.89. The molecule has 16 heavy (non-hydrogen) atoms. The van der Waals surface area contributed by atoms with Gasteiger partial charge in [0.15, 0.2) is 0 Å². The predicted octanol–water partition coefficient (Wildman–Crippen LogP) is 1.09. The maximum Gasteiger partial charge on any atom is 0.274 e. The van der Waals surface area contributed by atoms with Gasteiger partial charge in [0.25, 0.3) is 9.70 Å². The first-order chi connectivity index (χ1) is 7.25. The lowest BCUT2D eigenvalue weighted by Crippen LogP contribution is -2.54. The number of aliphatic hydroxyl groups is 2. The van der Waals surface area contributed by atoms with E-state index in [9.17, 15) is 15.0 Å². The summed E-state index contributed by atoms with van der Waals surface area (Å²) in [6.07, 6.45) is 0.00845. The van der Waals surface area contributed by atoms with Crippen LogP contribution in [0.25, 0.3) is 0 Å². The Morgan fingerprint density at radius 1 is 1.31 bits per heavy atom. The van der Waals surface area contributed by atoms with Crippen molar-refractivity contribution >= 4 is 40.7 Å². The second-order valence-corrected chi connectivity index (χ2v) is 6.25. The zero-order valence-corrected chi connectivity index (χ0v) is 11.0. The van der Waals surface area contributed by atoms with Crippen LogP contribution in [-0.2, 0) is 4.79 Å². The Bertz CT molecular complexity index is 269. The molecular formula is C9H14Cl3NO3. The number of rotatable bonds is 1. The maximum atomic E-state index is 11.7. The van der Waals surface area contributed by atoms with E-state index in [1.54, 1.807) is 0 Å². The molecule has 0 aromatic rings. The molecule has 1 saturated carbocycles. The van der Waals surface area contributed by atoms with Gasteiger partial charge in [-0.3, -0.25) is 4.79 Å². The first-order valence-electron chi connectivity index (χ1n) is 4.95. The molecule has 1 amide bonds. The number of hydrogen-bond donors (Lipinski definition) is 2. The summed E-state index contributed by atoms with van der Waals surface area (Å²) in [6, 6.07) is -0.508. The third-order valence-electron chi connectivity index (χ3n) is 2.85. The molecule has 1 fully saturated rings. The van der Waals surface area contributed by atoms with Gasteiger partial charge in [0.1, 0.15) is 6.10 Å². The van der Waals surface area contributed by atoms with Crippen LogP contribution in [-0.4, -0.2) is 50.1 Å². The van der Waals surface area contributed by atoms with E-state index in [2.05, 4.69) is 0 Å². The molecule has 4 nitrogen and oxygen atoms in total. The van der Waals surface area contributed by atoms with Crippen molar-refractivity contribution in [3.8, 4) is 0 Å². The van der Waals surface area contributed by atoms with Gasteiger partial charge in [0, 0.05) is 7.05 Å². The van der Waals surface area contributed by atoms with Crippen LogP contribution in [0.5, 0.6) is 0 Å². The topological polar surface area (TPSA) is 60.8 Å². The van der Waals surface area contributed by atoms with Crippen molar-refractivity contribution < 1.29 is 15.0 Å². The Labute approximate surface area is 109 Å². The lowest BCUT2D eigenvalue weighted by Gasteiger charge is -2.38. The minimum absolute atomic E-state index is 0.508. The summed E-state index contributed by atoms with van der Waals surface area (Å²) < 4.78 is -2.03. The van der Waals surface area contributed by atoms with E-state index in [1.165, 1.54) is 11.9 Å². The first kappa shape index (κ1) is 14.3. The fourth-order valence-corrected chi connectivity index (χ4v) is 2.31. The van der Waals surface area contributed by atoms with Gasteiger partial charge < -0.3 is 15.1 Å². The number of halogens is 3. The SMILES string of the molecule is CN(C(=O)C(Cl)(Cl)Cl)[C@H]1CCC[C@H](O)[C@@H]1O. The number of hydrogen-bond acceptors (Lipinski definition) is 3. The second kappa shape index (κ2) is 5.27. The monoisotopic (exact) mass is 289 g/mol. The molecule has 0 unspecified atom stereocenters. The smallest absolute Gasteiger partial charge is 0.274 e. The van der Waals surface area contributed by atoms with E-state index in [0.717, 1.165) is 6.42 Å². The number of carbonyl (C=O) groups excluding carboxylic acids is 1. The summed E-state index contributed by atoms with van der Waals surface area (Å²) in [6.45, 7) is 0. The summed E-state index contributed by atoms with van der Waals surface area (Å²) >= 11 is 16.4. The molecule has 0 spiro atoms. The number of aliphatic hydroxyl groups excluding tert-OH is 2.